The fraction of sp³-hybridized carbons (Fsp3) is 0.846. The fourth-order valence-electron chi connectivity index (χ4n) is 2.16. The van der Waals surface area contributed by atoms with Crippen LogP contribution in [0.2, 0.25) is 0 Å². The summed E-state index contributed by atoms with van der Waals surface area (Å²) in [6.45, 7) is 3.97. The molecule has 0 saturated heterocycles. The summed E-state index contributed by atoms with van der Waals surface area (Å²) in [5, 5.41) is 20.5. The van der Waals surface area contributed by atoms with Crippen molar-refractivity contribution in [2.45, 2.75) is 58.2 Å². The lowest BCUT2D eigenvalue weighted by atomic mass is 10.1. The van der Waals surface area contributed by atoms with Crippen LogP contribution < -0.4 is 5.32 Å². The summed E-state index contributed by atoms with van der Waals surface area (Å²) >= 11 is 0. The van der Waals surface area contributed by atoms with Gasteiger partial charge in [-0.05, 0) is 25.2 Å². The number of aryl methyl sites for hydroxylation is 1. The smallest absolute Gasteiger partial charge is 0.0964 e. The van der Waals surface area contributed by atoms with Gasteiger partial charge in [-0.25, -0.2) is 0 Å². The lowest BCUT2D eigenvalue weighted by molar-refractivity contribution is 0.276. The van der Waals surface area contributed by atoms with Gasteiger partial charge in [-0.1, -0.05) is 25.0 Å². The first-order chi connectivity index (χ1) is 8.81. The van der Waals surface area contributed by atoms with E-state index in [2.05, 4.69) is 22.6 Å². The van der Waals surface area contributed by atoms with E-state index in [1.807, 2.05) is 6.20 Å². The Balaban J connectivity index is 1.72. The molecule has 18 heavy (non-hydrogen) atoms. The molecule has 2 rings (SSSR count). The van der Waals surface area contributed by atoms with Crippen molar-refractivity contribution < 1.29 is 5.11 Å². The van der Waals surface area contributed by atoms with E-state index in [1.165, 1.54) is 25.7 Å². The van der Waals surface area contributed by atoms with Crippen LogP contribution in [-0.2, 0) is 13.1 Å². The number of nitrogens with zero attached hydrogens (tertiary/aromatic N) is 3. The van der Waals surface area contributed by atoms with Crippen LogP contribution >= 0.6 is 0 Å². The van der Waals surface area contributed by atoms with Crippen molar-refractivity contribution in [1.82, 2.24) is 20.3 Å². The predicted octanol–water partition coefficient (Wildman–Crippen LogP) is 1.33. The zero-order valence-corrected chi connectivity index (χ0v) is 11.2. The minimum atomic E-state index is 0.201. The third-order valence-electron chi connectivity index (χ3n) is 3.51. The summed E-state index contributed by atoms with van der Waals surface area (Å²) in [7, 11) is 0. The molecule has 0 aromatic carbocycles. The van der Waals surface area contributed by atoms with Crippen LogP contribution in [-0.4, -0.2) is 32.7 Å². The second-order valence-electron chi connectivity index (χ2n) is 5.22. The molecule has 1 aliphatic carbocycles. The third-order valence-corrected chi connectivity index (χ3v) is 3.51. The Kier molecular flexibility index (Phi) is 5.13. The molecule has 1 saturated carbocycles. The van der Waals surface area contributed by atoms with Gasteiger partial charge in [0.05, 0.1) is 5.69 Å². The third kappa shape index (κ3) is 4.38. The molecule has 0 radical (unpaired) electrons. The average Bonchev–Trinajstić information content (AvgIpc) is 3.09. The molecule has 0 amide bonds. The Morgan fingerprint density at radius 2 is 2.39 bits per heavy atom. The van der Waals surface area contributed by atoms with Crippen LogP contribution in [0.1, 0.15) is 44.7 Å². The van der Waals surface area contributed by atoms with Gasteiger partial charge < -0.3 is 10.4 Å². The zero-order valence-electron chi connectivity index (χ0n) is 11.2. The SMILES string of the molecule is CCC(CC1CC1)NCc1cn(CCCO)nn1. The van der Waals surface area contributed by atoms with Gasteiger partial charge >= 0.3 is 0 Å². The molecule has 1 unspecified atom stereocenters. The van der Waals surface area contributed by atoms with E-state index in [4.69, 9.17) is 5.11 Å². The number of aromatic nitrogens is 3. The van der Waals surface area contributed by atoms with E-state index >= 15 is 0 Å². The summed E-state index contributed by atoms with van der Waals surface area (Å²) in [6.07, 6.45) is 8.00. The van der Waals surface area contributed by atoms with Crippen LogP contribution in [0.15, 0.2) is 6.20 Å². The largest absolute Gasteiger partial charge is 0.396 e. The summed E-state index contributed by atoms with van der Waals surface area (Å²) in [5.41, 5.74) is 0.988. The van der Waals surface area contributed by atoms with Gasteiger partial charge in [0.2, 0.25) is 0 Å². The normalized spacial score (nSPS) is 17.0. The monoisotopic (exact) mass is 252 g/mol. The van der Waals surface area contributed by atoms with Crippen LogP contribution in [0.4, 0.5) is 0 Å². The molecule has 1 heterocycles. The highest BCUT2D eigenvalue weighted by molar-refractivity contribution is 4.92. The topological polar surface area (TPSA) is 63.0 Å². The Morgan fingerprint density at radius 1 is 1.56 bits per heavy atom. The Labute approximate surface area is 109 Å². The van der Waals surface area contributed by atoms with Gasteiger partial charge in [0, 0.05) is 31.9 Å². The van der Waals surface area contributed by atoms with Crippen molar-refractivity contribution in [1.29, 1.82) is 0 Å². The van der Waals surface area contributed by atoms with E-state index in [0.717, 1.165) is 31.1 Å². The average molecular weight is 252 g/mol. The van der Waals surface area contributed by atoms with Crippen LogP contribution in [0, 0.1) is 5.92 Å². The number of nitrogens with one attached hydrogen (secondary N) is 1. The summed E-state index contributed by atoms with van der Waals surface area (Å²) in [6, 6.07) is 0.611. The molecule has 1 aromatic heterocycles. The molecule has 1 fully saturated rings. The van der Waals surface area contributed by atoms with E-state index < -0.39 is 0 Å². The molecule has 5 heteroatoms. The second-order valence-corrected chi connectivity index (χ2v) is 5.22. The molecule has 0 bridgehead atoms. The highest BCUT2D eigenvalue weighted by atomic mass is 16.3. The molecular weight excluding hydrogens is 228 g/mol. The predicted molar refractivity (Wildman–Crippen MR) is 70.0 cm³/mol. The van der Waals surface area contributed by atoms with Crippen LogP contribution in [0.3, 0.4) is 0 Å². The van der Waals surface area contributed by atoms with Crippen molar-refractivity contribution in [3.8, 4) is 0 Å². The summed E-state index contributed by atoms with van der Waals surface area (Å²) in [5.74, 6) is 0.961. The van der Waals surface area contributed by atoms with Crippen LogP contribution in [0.25, 0.3) is 0 Å². The minimum Gasteiger partial charge on any atom is -0.396 e. The fourth-order valence-corrected chi connectivity index (χ4v) is 2.16. The number of aliphatic hydroxyl groups is 1. The summed E-state index contributed by atoms with van der Waals surface area (Å²) < 4.78 is 1.80. The van der Waals surface area contributed by atoms with Crippen molar-refractivity contribution in [2.24, 2.45) is 5.92 Å². The van der Waals surface area contributed by atoms with Gasteiger partial charge in [-0.15, -0.1) is 5.10 Å². The molecule has 102 valence electrons. The van der Waals surface area contributed by atoms with Crippen LogP contribution in [0.5, 0.6) is 0 Å². The maximum Gasteiger partial charge on any atom is 0.0964 e. The first-order valence-electron chi connectivity index (χ1n) is 7.05. The highest BCUT2D eigenvalue weighted by Crippen LogP contribution is 2.34. The minimum absolute atomic E-state index is 0.201. The standard InChI is InChI=1S/C13H24N4O/c1-2-12(8-11-4-5-11)14-9-13-10-17(16-15-13)6-3-7-18/h10-12,14,18H,2-9H2,1H3. The maximum atomic E-state index is 8.76. The lowest BCUT2D eigenvalue weighted by Crippen LogP contribution is -2.28. The van der Waals surface area contributed by atoms with Gasteiger partial charge in [0.25, 0.3) is 0 Å². The number of rotatable bonds is 9. The molecule has 1 aromatic rings. The molecule has 1 aliphatic rings. The van der Waals surface area contributed by atoms with Gasteiger partial charge in [0.15, 0.2) is 0 Å². The molecule has 0 aliphatic heterocycles. The zero-order chi connectivity index (χ0) is 12.8. The molecule has 5 nitrogen and oxygen atoms in total. The number of aliphatic hydroxyl groups excluding tert-OH is 1. The molecule has 2 N–H and O–H groups in total. The highest BCUT2D eigenvalue weighted by Gasteiger charge is 2.24. The number of hydrogen-bond donors (Lipinski definition) is 2. The summed E-state index contributed by atoms with van der Waals surface area (Å²) in [4.78, 5) is 0. The van der Waals surface area contributed by atoms with Gasteiger partial charge in [-0.2, -0.15) is 0 Å². The Hall–Kier alpha value is -0.940. The maximum absolute atomic E-state index is 8.76. The first-order valence-corrected chi connectivity index (χ1v) is 7.05. The van der Waals surface area contributed by atoms with E-state index in [-0.39, 0.29) is 6.61 Å². The van der Waals surface area contributed by atoms with Crippen molar-refractivity contribution in [3.05, 3.63) is 11.9 Å². The number of hydrogen-bond acceptors (Lipinski definition) is 4. The Morgan fingerprint density at radius 3 is 3.06 bits per heavy atom. The molecule has 1 atom stereocenters. The first kappa shape index (κ1) is 13.5. The Bertz CT molecular complexity index is 349. The molecule has 0 spiro atoms. The van der Waals surface area contributed by atoms with E-state index in [0.29, 0.717) is 6.04 Å². The van der Waals surface area contributed by atoms with Crippen molar-refractivity contribution >= 4 is 0 Å². The molecular formula is C13H24N4O. The quantitative estimate of drug-likeness (QED) is 0.696. The van der Waals surface area contributed by atoms with Gasteiger partial charge in [-0.3, -0.25) is 4.68 Å². The second kappa shape index (κ2) is 6.85. The van der Waals surface area contributed by atoms with E-state index in [1.54, 1.807) is 4.68 Å². The van der Waals surface area contributed by atoms with Gasteiger partial charge in [0.1, 0.15) is 0 Å². The van der Waals surface area contributed by atoms with E-state index in [9.17, 15) is 0 Å². The van der Waals surface area contributed by atoms with Crippen molar-refractivity contribution in [2.75, 3.05) is 6.61 Å². The van der Waals surface area contributed by atoms with Crippen molar-refractivity contribution in [3.63, 3.8) is 0 Å². The lowest BCUT2D eigenvalue weighted by Gasteiger charge is -2.15.